The number of aromatic nitrogens is 6. The number of nitrogens with two attached hydrogens (primary N) is 1. The summed E-state index contributed by atoms with van der Waals surface area (Å²) in [6.45, 7) is 7.56. The third-order valence-corrected chi connectivity index (χ3v) is 2.54. The molecule has 2 aromatic rings. The topological polar surface area (TPSA) is 87.4 Å². The fourth-order valence-electron chi connectivity index (χ4n) is 1.57. The van der Waals surface area contributed by atoms with Crippen LogP contribution in [0.3, 0.4) is 0 Å². The highest BCUT2D eigenvalue weighted by atomic mass is 15.5. The van der Waals surface area contributed by atoms with Crippen LogP contribution in [0.1, 0.15) is 25.4 Å². The molecule has 7 nitrogen and oxygen atoms in total. The lowest BCUT2D eigenvalue weighted by Crippen LogP contribution is -2.14. The van der Waals surface area contributed by atoms with Crippen LogP contribution in [0.15, 0.2) is 6.33 Å². The second kappa shape index (κ2) is 4.52. The molecule has 0 atom stereocenters. The SMILES string of the molecule is Cc1c(N)nnn1Cc1ncnn1CC(C)C. The predicted octanol–water partition coefficient (Wildman–Crippen LogP) is 0.465. The second-order valence-electron chi connectivity index (χ2n) is 4.47. The van der Waals surface area contributed by atoms with Crippen LogP contribution in [0.4, 0.5) is 5.82 Å². The maximum atomic E-state index is 5.65. The molecular formula is C10H17N7. The van der Waals surface area contributed by atoms with E-state index >= 15 is 0 Å². The van der Waals surface area contributed by atoms with Gasteiger partial charge in [-0.25, -0.2) is 14.3 Å². The minimum absolute atomic E-state index is 0.458. The van der Waals surface area contributed by atoms with Crippen molar-refractivity contribution in [3.8, 4) is 0 Å². The maximum Gasteiger partial charge on any atom is 0.168 e. The summed E-state index contributed by atoms with van der Waals surface area (Å²) in [4.78, 5) is 4.24. The summed E-state index contributed by atoms with van der Waals surface area (Å²) in [6, 6.07) is 0. The molecule has 2 N–H and O–H groups in total. The van der Waals surface area contributed by atoms with Crippen LogP contribution in [0.25, 0.3) is 0 Å². The summed E-state index contributed by atoms with van der Waals surface area (Å²) in [6.07, 6.45) is 1.56. The van der Waals surface area contributed by atoms with Gasteiger partial charge in [-0.05, 0) is 12.8 Å². The number of hydrogen-bond donors (Lipinski definition) is 1. The first-order valence-corrected chi connectivity index (χ1v) is 5.60. The van der Waals surface area contributed by atoms with Gasteiger partial charge in [0.15, 0.2) is 5.82 Å². The van der Waals surface area contributed by atoms with E-state index in [9.17, 15) is 0 Å². The van der Waals surface area contributed by atoms with E-state index in [4.69, 9.17) is 5.73 Å². The van der Waals surface area contributed by atoms with Crippen molar-refractivity contribution >= 4 is 5.82 Å². The summed E-state index contributed by atoms with van der Waals surface area (Å²) in [7, 11) is 0. The highest BCUT2D eigenvalue weighted by Crippen LogP contribution is 2.08. The second-order valence-corrected chi connectivity index (χ2v) is 4.47. The number of hydrogen-bond acceptors (Lipinski definition) is 5. The van der Waals surface area contributed by atoms with Gasteiger partial charge in [-0.1, -0.05) is 19.1 Å². The Morgan fingerprint density at radius 3 is 2.71 bits per heavy atom. The molecule has 0 aromatic carbocycles. The van der Waals surface area contributed by atoms with E-state index in [2.05, 4.69) is 34.2 Å². The quantitative estimate of drug-likeness (QED) is 0.832. The number of anilines is 1. The lowest BCUT2D eigenvalue weighted by Gasteiger charge is -2.08. The van der Waals surface area contributed by atoms with E-state index in [-0.39, 0.29) is 0 Å². The van der Waals surface area contributed by atoms with Crippen LogP contribution in [-0.4, -0.2) is 29.8 Å². The summed E-state index contributed by atoms with van der Waals surface area (Å²) in [5.74, 6) is 1.85. The van der Waals surface area contributed by atoms with E-state index in [1.807, 2.05) is 11.6 Å². The van der Waals surface area contributed by atoms with Gasteiger partial charge in [0.05, 0.1) is 5.69 Å². The molecular weight excluding hydrogens is 218 g/mol. The van der Waals surface area contributed by atoms with Gasteiger partial charge in [0.2, 0.25) is 0 Å². The van der Waals surface area contributed by atoms with Crippen molar-refractivity contribution in [3.63, 3.8) is 0 Å². The van der Waals surface area contributed by atoms with Crippen molar-refractivity contribution in [1.29, 1.82) is 0 Å². The molecule has 2 rings (SSSR count). The van der Waals surface area contributed by atoms with Gasteiger partial charge in [0.1, 0.15) is 18.7 Å². The molecule has 0 saturated heterocycles. The highest BCUT2D eigenvalue weighted by molar-refractivity contribution is 5.31. The minimum Gasteiger partial charge on any atom is -0.381 e. The molecule has 0 aliphatic carbocycles. The average Bonchev–Trinajstić information content (AvgIpc) is 2.80. The summed E-state index contributed by atoms with van der Waals surface area (Å²) >= 11 is 0. The molecule has 2 aromatic heterocycles. The fraction of sp³-hybridized carbons (Fsp3) is 0.600. The summed E-state index contributed by atoms with van der Waals surface area (Å²) < 4.78 is 3.62. The van der Waals surface area contributed by atoms with Crippen LogP contribution < -0.4 is 5.73 Å². The zero-order chi connectivity index (χ0) is 12.4. The molecule has 0 amide bonds. The van der Waals surface area contributed by atoms with Crippen molar-refractivity contribution < 1.29 is 0 Å². The van der Waals surface area contributed by atoms with Crippen molar-refractivity contribution in [2.75, 3.05) is 5.73 Å². The number of nitrogen functional groups attached to an aromatic ring is 1. The molecule has 0 saturated carbocycles. The van der Waals surface area contributed by atoms with E-state index in [1.165, 1.54) is 0 Å². The van der Waals surface area contributed by atoms with E-state index in [1.54, 1.807) is 11.0 Å². The molecule has 0 aliphatic rings. The maximum absolute atomic E-state index is 5.65. The Labute approximate surface area is 99.6 Å². The van der Waals surface area contributed by atoms with Crippen LogP contribution in [0.5, 0.6) is 0 Å². The van der Waals surface area contributed by atoms with Gasteiger partial charge in [0, 0.05) is 6.54 Å². The molecule has 0 unspecified atom stereocenters. The lowest BCUT2D eigenvalue weighted by molar-refractivity contribution is 0.453. The predicted molar refractivity (Wildman–Crippen MR) is 63.1 cm³/mol. The van der Waals surface area contributed by atoms with E-state index < -0.39 is 0 Å². The molecule has 0 fully saturated rings. The number of nitrogens with zero attached hydrogens (tertiary/aromatic N) is 6. The molecule has 0 spiro atoms. The Hall–Kier alpha value is -1.92. The highest BCUT2D eigenvalue weighted by Gasteiger charge is 2.10. The van der Waals surface area contributed by atoms with Crippen LogP contribution >= 0.6 is 0 Å². The zero-order valence-electron chi connectivity index (χ0n) is 10.3. The molecule has 0 bridgehead atoms. The Bertz CT molecular complexity index is 496. The van der Waals surface area contributed by atoms with Crippen molar-refractivity contribution in [3.05, 3.63) is 17.8 Å². The Balaban J connectivity index is 2.19. The van der Waals surface area contributed by atoms with E-state index in [0.29, 0.717) is 18.3 Å². The van der Waals surface area contributed by atoms with Crippen molar-refractivity contribution in [2.45, 2.75) is 33.9 Å². The largest absolute Gasteiger partial charge is 0.381 e. The summed E-state index contributed by atoms with van der Waals surface area (Å²) in [5.41, 5.74) is 6.50. The van der Waals surface area contributed by atoms with Gasteiger partial charge in [-0.15, -0.1) is 5.10 Å². The van der Waals surface area contributed by atoms with Gasteiger partial charge < -0.3 is 5.73 Å². The fourth-order valence-corrected chi connectivity index (χ4v) is 1.57. The monoisotopic (exact) mass is 235 g/mol. The minimum atomic E-state index is 0.458. The molecule has 7 heteroatoms. The Morgan fingerprint density at radius 1 is 1.35 bits per heavy atom. The molecule has 17 heavy (non-hydrogen) atoms. The normalized spacial score (nSPS) is 11.3. The molecule has 0 radical (unpaired) electrons. The first-order chi connectivity index (χ1) is 8.08. The average molecular weight is 235 g/mol. The van der Waals surface area contributed by atoms with Crippen molar-refractivity contribution in [2.24, 2.45) is 5.92 Å². The zero-order valence-corrected chi connectivity index (χ0v) is 10.3. The third-order valence-electron chi connectivity index (χ3n) is 2.54. The van der Waals surface area contributed by atoms with Gasteiger partial charge >= 0.3 is 0 Å². The standard InChI is InChI=1S/C10H17N7/c1-7(2)4-17-9(12-6-13-17)5-16-8(3)10(11)14-15-16/h6-7H,4-5,11H2,1-3H3. The van der Waals surface area contributed by atoms with Crippen LogP contribution in [0, 0.1) is 12.8 Å². The van der Waals surface area contributed by atoms with Gasteiger partial charge in [-0.2, -0.15) is 5.10 Å². The van der Waals surface area contributed by atoms with E-state index in [0.717, 1.165) is 18.1 Å². The summed E-state index contributed by atoms with van der Waals surface area (Å²) in [5, 5.41) is 12.0. The van der Waals surface area contributed by atoms with Crippen LogP contribution in [0.2, 0.25) is 0 Å². The molecule has 2 heterocycles. The molecule has 92 valence electrons. The number of rotatable bonds is 4. The van der Waals surface area contributed by atoms with Gasteiger partial charge in [-0.3, -0.25) is 0 Å². The Kier molecular flexibility index (Phi) is 3.08. The molecule has 0 aliphatic heterocycles. The lowest BCUT2D eigenvalue weighted by atomic mass is 10.2. The van der Waals surface area contributed by atoms with Crippen molar-refractivity contribution in [1.82, 2.24) is 29.8 Å². The first-order valence-electron chi connectivity index (χ1n) is 5.60. The Morgan fingerprint density at radius 2 is 2.12 bits per heavy atom. The third kappa shape index (κ3) is 2.43. The van der Waals surface area contributed by atoms with Crippen LogP contribution in [-0.2, 0) is 13.1 Å². The van der Waals surface area contributed by atoms with Gasteiger partial charge in [0.25, 0.3) is 0 Å². The smallest absolute Gasteiger partial charge is 0.168 e. The first kappa shape index (κ1) is 11.6.